The molecule has 1 heterocycles. The number of likely N-dealkylation sites (N-methyl/N-ethyl adjacent to an activating group) is 1. The van der Waals surface area contributed by atoms with Crippen LogP contribution in [0.5, 0.6) is 11.5 Å². The lowest BCUT2D eigenvalue weighted by Crippen LogP contribution is -2.37. The summed E-state index contributed by atoms with van der Waals surface area (Å²) in [7, 11) is 3.12. The minimum atomic E-state index is -0.339. The lowest BCUT2D eigenvalue weighted by molar-refractivity contribution is -0.119. The molecule has 0 saturated carbocycles. The van der Waals surface area contributed by atoms with E-state index >= 15 is 0 Å². The van der Waals surface area contributed by atoms with E-state index in [1.54, 1.807) is 37.3 Å². The van der Waals surface area contributed by atoms with E-state index in [2.05, 4.69) is 5.10 Å². The number of methoxy groups -OCH3 is 2. The number of hydrogen-bond donors (Lipinski definition) is 0. The number of rotatable bonds is 7. The van der Waals surface area contributed by atoms with Crippen molar-refractivity contribution < 1.29 is 14.3 Å². The highest BCUT2D eigenvalue weighted by Crippen LogP contribution is 2.31. The standard InChI is InChI=1S/C23H25N3O4/c1-5-25(19-9-7-6-8-16(19)2)23(28)15-26-22(27)13-11-18(24-26)17-10-12-20(29-3)21(14-17)30-4/h6-14H,5,15H2,1-4H3. The van der Waals surface area contributed by atoms with Crippen LogP contribution in [0.3, 0.4) is 0 Å². The van der Waals surface area contributed by atoms with Crippen LogP contribution in [0.2, 0.25) is 0 Å². The lowest BCUT2D eigenvalue weighted by Gasteiger charge is -2.23. The quantitative estimate of drug-likeness (QED) is 0.601. The highest BCUT2D eigenvalue weighted by molar-refractivity contribution is 5.93. The summed E-state index contributed by atoms with van der Waals surface area (Å²) in [5.41, 5.74) is 2.79. The highest BCUT2D eigenvalue weighted by Gasteiger charge is 2.18. The van der Waals surface area contributed by atoms with Gasteiger partial charge >= 0.3 is 0 Å². The maximum absolute atomic E-state index is 13.0. The third kappa shape index (κ3) is 4.35. The van der Waals surface area contributed by atoms with Crippen molar-refractivity contribution in [3.05, 3.63) is 70.5 Å². The van der Waals surface area contributed by atoms with E-state index < -0.39 is 0 Å². The number of carbonyl (C=O) groups is 1. The van der Waals surface area contributed by atoms with E-state index in [4.69, 9.17) is 9.47 Å². The molecule has 0 spiro atoms. The Balaban J connectivity index is 1.91. The number of ether oxygens (including phenoxy) is 2. The Morgan fingerprint density at radius 1 is 1.03 bits per heavy atom. The number of benzene rings is 2. The smallest absolute Gasteiger partial charge is 0.267 e. The number of nitrogens with zero attached hydrogens (tertiary/aromatic N) is 3. The van der Waals surface area contributed by atoms with Gasteiger partial charge in [0, 0.05) is 23.9 Å². The molecule has 1 amide bonds. The van der Waals surface area contributed by atoms with Crippen LogP contribution in [0.4, 0.5) is 5.69 Å². The first-order valence-corrected chi connectivity index (χ1v) is 9.65. The third-order valence-corrected chi connectivity index (χ3v) is 4.85. The summed E-state index contributed by atoms with van der Waals surface area (Å²) >= 11 is 0. The Labute approximate surface area is 175 Å². The third-order valence-electron chi connectivity index (χ3n) is 4.85. The average Bonchev–Trinajstić information content (AvgIpc) is 2.76. The Bertz CT molecular complexity index is 1110. The maximum atomic E-state index is 13.0. The summed E-state index contributed by atoms with van der Waals surface area (Å²) in [6.45, 7) is 4.20. The lowest BCUT2D eigenvalue weighted by atomic mass is 10.1. The van der Waals surface area contributed by atoms with E-state index in [0.717, 1.165) is 16.8 Å². The van der Waals surface area contributed by atoms with Gasteiger partial charge in [-0.2, -0.15) is 5.10 Å². The predicted molar refractivity (Wildman–Crippen MR) is 116 cm³/mol. The molecule has 0 unspecified atom stereocenters. The summed E-state index contributed by atoms with van der Waals surface area (Å²) in [5, 5.41) is 4.41. The van der Waals surface area contributed by atoms with Crippen molar-refractivity contribution in [2.75, 3.05) is 25.7 Å². The van der Waals surface area contributed by atoms with Crippen LogP contribution < -0.4 is 19.9 Å². The first kappa shape index (κ1) is 21.1. The second-order valence-corrected chi connectivity index (χ2v) is 6.71. The minimum absolute atomic E-state index is 0.151. The van der Waals surface area contributed by atoms with E-state index in [-0.39, 0.29) is 18.0 Å². The van der Waals surface area contributed by atoms with E-state index in [1.807, 2.05) is 44.2 Å². The second-order valence-electron chi connectivity index (χ2n) is 6.71. The fourth-order valence-electron chi connectivity index (χ4n) is 3.27. The van der Waals surface area contributed by atoms with Crippen LogP contribution in [-0.4, -0.2) is 36.5 Å². The molecule has 1 aromatic heterocycles. The topological polar surface area (TPSA) is 73.7 Å². The van der Waals surface area contributed by atoms with E-state index in [1.165, 1.54) is 10.7 Å². The summed E-state index contributed by atoms with van der Waals surface area (Å²) in [6.07, 6.45) is 0. The van der Waals surface area contributed by atoms with Crippen molar-refractivity contribution in [3.63, 3.8) is 0 Å². The largest absolute Gasteiger partial charge is 0.493 e. The molecule has 2 aromatic carbocycles. The van der Waals surface area contributed by atoms with Crippen LogP contribution in [0.25, 0.3) is 11.3 Å². The number of anilines is 1. The van der Waals surface area contributed by atoms with Crippen molar-refractivity contribution >= 4 is 11.6 Å². The highest BCUT2D eigenvalue weighted by atomic mass is 16.5. The van der Waals surface area contributed by atoms with Crippen molar-refractivity contribution in [1.82, 2.24) is 9.78 Å². The normalized spacial score (nSPS) is 10.5. The molecule has 0 fully saturated rings. The zero-order valence-corrected chi connectivity index (χ0v) is 17.6. The van der Waals surface area contributed by atoms with Crippen LogP contribution in [-0.2, 0) is 11.3 Å². The van der Waals surface area contributed by atoms with Crippen LogP contribution >= 0.6 is 0 Å². The molecule has 3 rings (SSSR count). The van der Waals surface area contributed by atoms with Gasteiger partial charge < -0.3 is 14.4 Å². The Kier molecular flexibility index (Phi) is 6.51. The zero-order valence-electron chi connectivity index (χ0n) is 17.6. The van der Waals surface area contributed by atoms with Crippen molar-refractivity contribution in [2.24, 2.45) is 0 Å². The summed E-state index contributed by atoms with van der Waals surface area (Å²) in [6, 6.07) is 16.1. The minimum Gasteiger partial charge on any atom is -0.493 e. The molecular weight excluding hydrogens is 382 g/mol. The van der Waals surface area contributed by atoms with Gasteiger partial charge in [-0.15, -0.1) is 0 Å². The number of aryl methyl sites for hydroxylation is 1. The van der Waals surface area contributed by atoms with Crippen molar-refractivity contribution in [2.45, 2.75) is 20.4 Å². The Hall–Kier alpha value is -3.61. The van der Waals surface area contributed by atoms with E-state index in [9.17, 15) is 9.59 Å². The van der Waals surface area contributed by atoms with Crippen LogP contribution in [0.1, 0.15) is 12.5 Å². The summed E-state index contributed by atoms with van der Waals surface area (Å²) < 4.78 is 11.8. The van der Waals surface area contributed by atoms with Gasteiger partial charge in [0.2, 0.25) is 5.91 Å². The number of para-hydroxylation sites is 1. The Morgan fingerprint density at radius 3 is 2.43 bits per heavy atom. The number of hydrogen-bond acceptors (Lipinski definition) is 5. The van der Waals surface area contributed by atoms with Gasteiger partial charge in [0.1, 0.15) is 6.54 Å². The number of aromatic nitrogens is 2. The van der Waals surface area contributed by atoms with Gasteiger partial charge in [-0.25, -0.2) is 4.68 Å². The van der Waals surface area contributed by atoms with Crippen molar-refractivity contribution in [1.29, 1.82) is 0 Å². The van der Waals surface area contributed by atoms with Crippen molar-refractivity contribution in [3.8, 4) is 22.8 Å². The summed E-state index contributed by atoms with van der Waals surface area (Å²) in [5.74, 6) is 0.953. The first-order chi connectivity index (χ1) is 14.5. The molecule has 0 radical (unpaired) electrons. The second kappa shape index (κ2) is 9.26. The molecule has 0 N–H and O–H groups in total. The fraction of sp³-hybridized carbons (Fsp3) is 0.261. The van der Waals surface area contributed by atoms with Crippen LogP contribution in [0.15, 0.2) is 59.4 Å². The van der Waals surface area contributed by atoms with Gasteiger partial charge in [0.15, 0.2) is 11.5 Å². The fourth-order valence-corrected chi connectivity index (χ4v) is 3.27. The molecular formula is C23H25N3O4. The molecule has 0 aliphatic carbocycles. The maximum Gasteiger partial charge on any atom is 0.267 e. The molecule has 156 valence electrons. The van der Waals surface area contributed by atoms with Gasteiger partial charge in [-0.05, 0) is 49.7 Å². The molecule has 0 bridgehead atoms. The van der Waals surface area contributed by atoms with E-state index in [0.29, 0.717) is 23.7 Å². The molecule has 7 nitrogen and oxygen atoms in total. The number of amides is 1. The average molecular weight is 407 g/mol. The monoisotopic (exact) mass is 407 g/mol. The SMILES string of the molecule is CCN(C(=O)Cn1nc(-c2ccc(OC)c(OC)c2)ccc1=O)c1ccccc1C. The van der Waals surface area contributed by atoms with Gasteiger partial charge in [-0.3, -0.25) is 9.59 Å². The molecule has 3 aromatic rings. The molecule has 0 aliphatic heterocycles. The number of carbonyl (C=O) groups excluding carboxylic acids is 1. The van der Waals surface area contributed by atoms with Gasteiger partial charge in [-0.1, -0.05) is 18.2 Å². The van der Waals surface area contributed by atoms with Gasteiger partial charge in [0.25, 0.3) is 5.56 Å². The molecule has 7 heteroatoms. The predicted octanol–water partition coefficient (Wildman–Crippen LogP) is 3.29. The molecule has 30 heavy (non-hydrogen) atoms. The first-order valence-electron chi connectivity index (χ1n) is 9.65. The Morgan fingerprint density at radius 2 is 1.77 bits per heavy atom. The van der Waals surface area contributed by atoms with Gasteiger partial charge in [0.05, 0.1) is 19.9 Å². The van der Waals surface area contributed by atoms with Crippen LogP contribution in [0, 0.1) is 6.92 Å². The zero-order chi connectivity index (χ0) is 21.7. The summed E-state index contributed by atoms with van der Waals surface area (Å²) in [4.78, 5) is 27.0. The molecule has 0 aliphatic rings. The molecule has 0 atom stereocenters. The molecule has 0 saturated heterocycles.